The second-order valence-corrected chi connectivity index (χ2v) is 3.96. The molecule has 0 radical (unpaired) electrons. The molecule has 0 spiro atoms. The zero-order valence-corrected chi connectivity index (χ0v) is 10.5. The largest absolute Gasteiger partial charge is 0.478 e. The first-order valence-corrected chi connectivity index (χ1v) is 5.82. The fourth-order valence-corrected chi connectivity index (χ4v) is 1.64. The average molecular weight is 279 g/mol. The Hall–Kier alpha value is -2.57. The maximum atomic E-state index is 13.9. The number of aromatic carboxylic acids is 1. The molecule has 0 aliphatic rings. The van der Waals surface area contributed by atoms with Crippen molar-refractivity contribution in [3.63, 3.8) is 0 Å². The van der Waals surface area contributed by atoms with E-state index in [2.05, 4.69) is 15.3 Å². The molecule has 0 aliphatic carbocycles. The molecule has 0 bridgehead atoms. The monoisotopic (exact) mass is 279 g/mol. The van der Waals surface area contributed by atoms with Gasteiger partial charge in [0.25, 0.3) is 0 Å². The van der Waals surface area contributed by atoms with Crippen LogP contribution in [0.1, 0.15) is 23.0 Å². The van der Waals surface area contributed by atoms with Crippen LogP contribution in [0, 0.1) is 11.6 Å². The lowest BCUT2D eigenvalue weighted by Crippen LogP contribution is -2.04. The molecule has 0 saturated heterocycles. The van der Waals surface area contributed by atoms with Crippen LogP contribution in [-0.2, 0) is 6.42 Å². The van der Waals surface area contributed by atoms with Gasteiger partial charge >= 0.3 is 5.97 Å². The van der Waals surface area contributed by atoms with Gasteiger partial charge in [0.05, 0.1) is 11.3 Å². The fraction of sp³-hybridized carbons (Fsp3) is 0.154. The Morgan fingerprint density at radius 1 is 1.35 bits per heavy atom. The lowest BCUT2D eigenvalue weighted by Gasteiger charge is -2.09. The summed E-state index contributed by atoms with van der Waals surface area (Å²) >= 11 is 0. The first kappa shape index (κ1) is 13.9. The highest BCUT2D eigenvalue weighted by Crippen LogP contribution is 2.21. The maximum Gasteiger partial charge on any atom is 0.338 e. The van der Waals surface area contributed by atoms with Gasteiger partial charge in [-0.1, -0.05) is 6.92 Å². The second-order valence-electron chi connectivity index (χ2n) is 3.96. The molecule has 0 unspecified atom stereocenters. The van der Waals surface area contributed by atoms with E-state index in [1.165, 1.54) is 12.4 Å². The van der Waals surface area contributed by atoms with E-state index in [-0.39, 0.29) is 17.2 Å². The minimum atomic E-state index is -1.37. The molecule has 0 atom stereocenters. The van der Waals surface area contributed by atoms with E-state index in [9.17, 15) is 13.6 Å². The number of nitrogens with one attached hydrogen (secondary N) is 1. The highest BCUT2D eigenvalue weighted by Gasteiger charge is 2.13. The standard InChI is InChI=1S/C13H11F2N3O2/c1-2-10-11(15)12(17-6-16-10)18-7-3-4-8(13(19)20)9(14)5-7/h3-6H,2H2,1H3,(H,19,20)(H,16,17,18). The molecule has 2 rings (SSSR count). The van der Waals surface area contributed by atoms with Crippen molar-refractivity contribution < 1.29 is 18.7 Å². The van der Waals surface area contributed by atoms with E-state index in [0.29, 0.717) is 6.42 Å². The fourth-order valence-electron chi connectivity index (χ4n) is 1.64. The number of benzene rings is 1. The van der Waals surface area contributed by atoms with Crippen LogP contribution < -0.4 is 5.32 Å². The smallest absolute Gasteiger partial charge is 0.338 e. The number of hydrogen-bond donors (Lipinski definition) is 2. The summed E-state index contributed by atoms with van der Waals surface area (Å²) < 4.78 is 27.4. The van der Waals surface area contributed by atoms with Gasteiger partial charge in [-0.05, 0) is 24.6 Å². The van der Waals surface area contributed by atoms with Crippen molar-refractivity contribution in [3.8, 4) is 0 Å². The predicted molar refractivity (Wildman–Crippen MR) is 68.0 cm³/mol. The number of aryl methyl sites for hydroxylation is 1. The van der Waals surface area contributed by atoms with Gasteiger partial charge in [-0.25, -0.2) is 23.5 Å². The molecule has 1 aromatic carbocycles. The molecule has 5 nitrogen and oxygen atoms in total. The summed E-state index contributed by atoms with van der Waals surface area (Å²) in [5.41, 5.74) is -0.00904. The number of hydrogen-bond acceptors (Lipinski definition) is 4. The van der Waals surface area contributed by atoms with Crippen molar-refractivity contribution in [1.82, 2.24) is 9.97 Å². The summed E-state index contributed by atoms with van der Waals surface area (Å²) in [4.78, 5) is 18.2. The van der Waals surface area contributed by atoms with Crippen LogP contribution >= 0.6 is 0 Å². The van der Waals surface area contributed by atoms with Crippen LogP contribution in [0.15, 0.2) is 24.5 Å². The zero-order chi connectivity index (χ0) is 14.7. The molecule has 0 amide bonds. The van der Waals surface area contributed by atoms with E-state index in [4.69, 9.17) is 5.11 Å². The number of carboxylic acid groups (broad SMARTS) is 1. The maximum absolute atomic E-state index is 13.9. The van der Waals surface area contributed by atoms with Gasteiger partial charge in [-0.2, -0.15) is 0 Å². The first-order chi connectivity index (χ1) is 9.52. The average Bonchev–Trinajstić information content (AvgIpc) is 2.41. The second kappa shape index (κ2) is 5.60. The summed E-state index contributed by atoms with van der Waals surface area (Å²) in [5, 5.41) is 11.3. The van der Waals surface area contributed by atoms with Gasteiger partial charge in [-0.15, -0.1) is 0 Å². The molecule has 1 heterocycles. The number of rotatable bonds is 4. The van der Waals surface area contributed by atoms with Gasteiger partial charge in [0, 0.05) is 5.69 Å². The molecule has 2 N–H and O–H groups in total. The van der Waals surface area contributed by atoms with Crippen molar-refractivity contribution in [1.29, 1.82) is 0 Å². The van der Waals surface area contributed by atoms with Crippen LogP contribution in [-0.4, -0.2) is 21.0 Å². The van der Waals surface area contributed by atoms with Gasteiger partial charge in [0.15, 0.2) is 11.6 Å². The van der Waals surface area contributed by atoms with Crippen molar-refractivity contribution in [3.05, 3.63) is 47.4 Å². The SMILES string of the molecule is CCc1ncnc(Nc2ccc(C(=O)O)c(F)c2)c1F. The number of nitrogens with zero attached hydrogens (tertiary/aromatic N) is 2. The van der Waals surface area contributed by atoms with Gasteiger partial charge in [0.2, 0.25) is 0 Å². The van der Waals surface area contributed by atoms with Crippen LogP contribution in [0.5, 0.6) is 0 Å². The number of halogens is 2. The summed E-state index contributed by atoms with van der Waals surface area (Å²) in [6.45, 7) is 1.75. The van der Waals surface area contributed by atoms with Crippen LogP contribution in [0.4, 0.5) is 20.3 Å². The third-order valence-electron chi connectivity index (χ3n) is 2.66. The molecular formula is C13H11F2N3O2. The molecule has 104 valence electrons. The lowest BCUT2D eigenvalue weighted by atomic mass is 10.2. The van der Waals surface area contributed by atoms with E-state index in [1.54, 1.807) is 6.92 Å². The number of carboxylic acids is 1. The molecule has 1 aromatic heterocycles. The Labute approximate surface area is 113 Å². The number of carbonyl (C=O) groups is 1. The Balaban J connectivity index is 2.31. The van der Waals surface area contributed by atoms with Gasteiger partial charge in [0.1, 0.15) is 12.1 Å². The minimum Gasteiger partial charge on any atom is -0.478 e. The Bertz CT molecular complexity index is 662. The van der Waals surface area contributed by atoms with Gasteiger partial charge < -0.3 is 10.4 Å². The summed E-state index contributed by atoms with van der Waals surface area (Å²) in [5.74, 6) is -2.97. The summed E-state index contributed by atoms with van der Waals surface area (Å²) in [6.07, 6.45) is 1.60. The topological polar surface area (TPSA) is 75.1 Å². The highest BCUT2D eigenvalue weighted by molar-refractivity contribution is 5.88. The van der Waals surface area contributed by atoms with Crippen molar-refractivity contribution in [2.45, 2.75) is 13.3 Å². The molecular weight excluding hydrogens is 268 g/mol. The third-order valence-corrected chi connectivity index (χ3v) is 2.66. The Morgan fingerprint density at radius 3 is 2.70 bits per heavy atom. The van der Waals surface area contributed by atoms with E-state index in [1.807, 2.05) is 0 Å². The zero-order valence-electron chi connectivity index (χ0n) is 10.5. The molecule has 0 saturated carbocycles. The van der Waals surface area contributed by atoms with Gasteiger partial charge in [-0.3, -0.25) is 0 Å². The summed E-state index contributed by atoms with van der Waals surface area (Å²) in [6, 6.07) is 3.40. The van der Waals surface area contributed by atoms with E-state index in [0.717, 1.165) is 12.1 Å². The third kappa shape index (κ3) is 2.71. The quantitative estimate of drug-likeness (QED) is 0.900. The molecule has 0 aliphatic heterocycles. The Kier molecular flexibility index (Phi) is 3.88. The van der Waals surface area contributed by atoms with Crippen LogP contribution in [0.2, 0.25) is 0 Å². The number of anilines is 2. The summed E-state index contributed by atoms with van der Waals surface area (Å²) in [7, 11) is 0. The Morgan fingerprint density at radius 2 is 2.10 bits per heavy atom. The van der Waals surface area contributed by atoms with Crippen LogP contribution in [0.3, 0.4) is 0 Å². The van der Waals surface area contributed by atoms with E-state index < -0.39 is 23.2 Å². The molecule has 20 heavy (non-hydrogen) atoms. The van der Waals surface area contributed by atoms with Crippen LogP contribution in [0.25, 0.3) is 0 Å². The molecule has 7 heteroatoms. The van der Waals surface area contributed by atoms with Crippen molar-refractivity contribution in [2.24, 2.45) is 0 Å². The molecule has 0 fully saturated rings. The number of aromatic nitrogens is 2. The minimum absolute atomic E-state index is 0.0840. The van der Waals surface area contributed by atoms with Crippen molar-refractivity contribution >= 4 is 17.5 Å². The predicted octanol–water partition coefficient (Wildman–Crippen LogP) is 2.76. The first-order valence-electron chi connectivity index (χ1n) is 5.82. The lowest BCUT2D eigenvalue weighted by molar-refractivity contribution is 0.0692. The highest BCUT2D eigenvalue weighted by atomic mass is 19.1. The van der Waals surface area contributed by atoms with Crippen molar-refractivity contribution in [2.75, 3.05) is 5.32 Å². The normalized spacial score (nSPS) is 10.3. The molecule has 2 aromatic rings. The van der Waals surface area contributed by atoms with E-state index >= 15 is 0 Å².